The summed E-state index contributed by atoms with van der Waals surface area (Å²) in [6.07, 6.45) is 3.65. The van der Waals surface area contributed by atoms with Crippen LogP contribution in [0.2, 0.25) is 0 Å². The van der Waals surface area contributed by atoms with Crippen LogP contribution in [0, 0.1) is 5.82 Å². The van der Waals surface area contributed by atoms with Crippen molar-refractivity contribution in [2.45, 2.75) is 46.1 Å². The van der Waals surface area contributed by atoms with Crippen molar-refractivity contribution >= 4 is 5.91 Å². The Morgan fingerprint density at radius 2 is 1.75 bits per heavy atom. The normalized spacial score (nSPS) is 11.7. The van der Waals surface area contributed by atoms with Crippen LogP contribution in [0.25, 0.3) is 16.8 Å². The molecule has 0 aliphatic rings. The van der Waals surface area contributed by atoms with Crippen LogP contribution < -0.4 is 5.32 Å². The third kappa shape index (κ3) is 4.47. The van der Waals surface area contributed by atoms with E-state index in [4.69, 9.17) is 0 Å². The summed E-state index contributed by atoms with van der Waals surface area (Å²) in [4.78, 5) is 17.3. The van der Waals surface area contributed by atoms with E-state index in [9.17, 15) is 9.18 Å². The lowest BCUT2D eigenvalue weighted by molar-refractivity contribution is 0.0919. The largest absolute Gasteiger partial charge is 0.347 e. The van der Waals surface area contributed by atoms with E-state index < -0.39 is 0 Å². The Hall–Kier alpha value is -2.95. The van der Waals surface area contributed by atoms with Crippen LogP contribution in [0.5, 0.6) is 0 Å². The molecule has 0 saturated heterocycles. The van der Waals surface area contributed by atoms with E-state index in [0.717, 1.165) is 22.6 Å². The second kappa shape index (κ2) is 7.58. The van der Waals surface area contributed by atoms with Crippen molar-refractivity contribution in [1.29, 1.82) is 0 Å². The number of benzene rings is 2. The predicted molar refractivity (Wildman–Crippen MR) is 110 cm³/mol. The molecule has 3 rings (SSSR count). The van der Waals surface area contributed by atoms with Gasteiger partial charge in [-0.05, 0) is 62.2 Å². The topological polar surface area (TPSA) is 46.9 Å². The van der Waals surface area contributed by atoms with E-state index in [1.54, 1.807) is 18.3 Å². The van der Waals surface area contributed by atoms with Crippen molar-refractivity contribution in [2.24, 2.45) is 0 Å². The first-order valence-corrected chi connectivity index (χ1v) is 9.41. The van der Waals surface area contributed by atoms with Gasteiger partial charge in [0.1, 0.15) is 11.6 Å². The number of halogens is 1. The number of carbonyl (C=O) groups excluding carboxylic acids is 1. The van der Waals surface area contributed by atoms with E-state index in [1.165, 1.54) is 12.1 Å². The maximum Gasteiger partial charge on any atom is 0.251 e. The number of hydrogen-bond acceptors (Lipinski definition) is 2. The van der Waals surface area contributed by atoms with E-state index in [-0.39, 0.29) is 23.2 Å². The first-order chi connectivity index (χ1) is 13.1. The van der Waals surface area contributed by atoms with Crippen molar-refractivity contribution in [3.63, 3.8) is 0 Å². The smallest absolute Gasteiger partial charge is 0.251 e. The van der Waals surface area contributed by atoms with Crippen LogP contribution >= 0.6 is 0 Å². The number of imidazole rings is 1. The fourth-order valence-corrected chi connectivity index (χ4v) is 3.06. The Labute approximate surface area is 165 Å². The molecule has 1 amide bonds. The monoisotopic (exact) mass is 379 g/mol. The summed E-state index contributed by atoms with van der Waals surface area (Å²) >= 11 is 0. The summed E-state index contributed by atoms with van der Waals surface area (Å²) in [7, 11) is 0. The molecule has 0 aliphatic carbocycles. The zero-order valence-electron chi connectivity index (χ0n) is 17.0. The van der Waals surface area contributed by atoms with Crippen molar-refractivity contribution in [2.75, 3.05) is 0 Å². The van der Waals surface area contributed by atoms with Gasteiger partial charge in [0.2, 0.25) is 0 Å². The van der Waals surface area contributed by atoms with Gasteiger partial charge in [0, 0.05) is 35.1 Å². The van der Waals surface area contributed by atoms with Crippen molar-refractivity contribution in [1.82, 2.24) is 14.9 Å². The molecule has 0 unspecified atom stereocenters. The standard InChI is InChI=1S/C23H26FN3O/c1-15(2)21-25-10-11-27(21)20-13-17(16-6-8-19(24)9-7-16)12-18(14-20)22(28)26-23(3,4)5/h6-15H,1-5H3,(H,26,28). The molecule has 0 atom stereocenters. The number of nitrogens with one attached hydrogen (secondary N) is 1. The van der Waals surface area contributed by atoms with Gasteiger partial charge in [-0.15, -0.1) is 0 Å². The molecule has 0 fully saturated rings. The first kappa shape index (κ1) is 19.8. The fourth-order valence-electron chi connectivity index (χ4n) is 3.06. The summed E-state index contributed by atoms with van der Waals surface area (Å²) in [5, 5.41) is 3.01. The molecule has 3 aromatic rings. The maximum absolute atomic E-state index is 13.4. The Morgan fingerprint density at radius 1 is 1.07 bits per heavy atom. The lowest BCUT2D eigenvalue weighted by Gasteiger charge is -2.21. The molecule has 0 aliphatic heterocycles. The molecule has 28 heavy (non-hydrogen) atoms. The van der Waals surface area contributed by atoms with Gasteiger partial charge < -0.3 is 9.88 Å². The van der Waals surface area contributed by atoms with Crippen LogP contribution in [-0.2, 0) is 0 Å². The highest BCUT2D eigenvalue weighted by atomic mass is 19.1. The van der Waals surface area contributed by atoms with Crippen LogP contribution in [0.3, 0.4) is 0 Å². The average molecular weight is 379 g/mol. The minimum absolute atomic E-state index is 0.149. The van der Waals surface area contributed by atoms with Gasteiger partial charge >= 0.3 is 0 Å². The zero-order chi connectivity index (χ0) is 20.5. The highest BCUT2D eigenvalue weighted by Crippen LogP contribution is 2.27. The molecule has 2 aromatic carbocycles. The molecule has 0 saturated carbocycles. The molecule has 0 bridgehead atoms. The van der Waals surface area contributed by atoms with E-state index >= 15 is 0 Å². The minimum Gasteiger partial charge on any atom is -0.347 e. The van der Waals surface area contributed by atoms with Crippen LogP contribution in [0.4, 0.5) is 4.39 Å². The SMILES string of the molecule is CC(C)c1nccn1-c1cc(C(=O)NC(C)(C)C)cc(-c2ccc(F)cc2)c1. The van der Waals surface area contributed by atoms with E-state index in [1.807, 2.05) is 49.7 Å². The molecular formula is C23H26FN3O. The molecular weight excluding hydrogens is 353 g/mol. The third-order valence-electron chi connectivity index (χ3n) is 4.31. The number of carbonyl (C=O) groups is 1. The average Bonchev–Trinajstić information content (AvgIpc) is 3.10. The molecule has 5 heteroatoms. The summed E-state index contributed by atoms with van der Waals surface area (Å²) in [5.74, 6) is 0.709. The van der Waals surface area contributed by atoms with Gasteiger partial charge in [-0.2, -0.15) is 0 Å². The number of aromatic nitrogens is 2. The lowest BCUT2D eigenvalue weighted by atomic mass is 10.00. The summed E-state index contributed by atoms with van der Waals surface area (Å²) < 4.78 is 15.4. The van der Waals surface area contributed by atoms with Crippen LogP contribution in [0.15, 0.2) is 54.9 Å². The Balaban J connectivity index is 2.15. The van der Waals surface area contributed by atoms with Crippen LogP contribution in [0.1, 0.15) is 56.7 Å². The molecule has 1 N–H and O–H groups in total. The summed E-state index contributed by atoms with van der Waals surface area (Å²) in [6, 6.07) is 12.0. The highest BCUT2D eigenvalue weighted by Gasteiger charge is 2.18. The minimum atomic E-state index is -0.346. The van der Waals surface area contributed by atoms with Gasteiger partial charge in [-0.1, -0.05) is 26.0 Å². The van der Waals surface area contributed by atoms with Gasteiger partial charge in [-0.25, -0.2) is 9.37 Å². The molecule has 1 aromatic heterocycles. The van der Waals surface area contributed by atoms with Crippen LogP contribution in [-0.4, -0.2) is 21.0 Å². The number of hydrogen-bond donors (Lipinski definition) is 1. The number of rotatable bonds is 4. The third-order valence-corrected chi connectivity index (χ3v) is 4.31. The van der Waals surface area contributed by atoms with Crippen molar-refractivity contribution < 1.29 is 9.18 Å². The Kier molecular flexibility index (Phi) is 5.36. The fraction of sp³-hybridized carbons (Fsp3) is 0.304. The summed E-state index contributed by atoms with van der Waals surface area (Å²) in [6.45, 7) is 10.00. The Morgan fingerprint density at radius 3 is 2.36 bits per heavy atom. The number of amides is 1. The predicted octanol–water partition coefficient (Wildman–Crippen LogP) is 5.33. The van der Waals surface area contributed by atoms with E-state index in [2.05, 4.69) is 24.1 Å². The van der Waals surface area contributed by atoms with Gasteiger partial charge in [0.25, 0.3) is 5.91 Å². The molecule has 1 heterocycles. The highest BCUT2D eigenvalue weighted by molar-refractivity contribution is 5.96. The van der Waals surface area contributed by atoms with Gasteiger partial charge in [0.15, 0.2) is 0 Å². The lowest BCUT2D eigenvalue weighted by Crippen LogP contribution is -2.40. The van der Waals surface area contributed by atoms with Crippen molar-refractivity contribution in [3.05, 3.63) is 72.1 Å². The number of nitrogens with zero attached hydrogens (tertiary/aromatic N) is 2. The second-order valence-corrected chi connectivity index (χ2v) is 8.29. The molecule has 4 nitrogen and oxygen atoms in total. The molecule has 0 radical (unpaired) electrons. The van der Waals surface area contributed by atoms with Crippen molar-refractivity contribution in [3.8, 4) is 16.8 Å². The van der Waals surface area contributed by atoms with Gasteiger partial charge in [0.05, 0.1) is 0 Å². The molecule has 146 valence electrons. The zero-order valence-corrected chi connectivity index (χ0v) is 17.0. The molecule has 0 spiro atoms. The van der Waals surface area contributed by atoms with E-state index in [0.29, 0.717) is 5.56 Å². The maximum atomic E-state index is 13.4. The van der Waals surface area contributed by atoms with Gasteiger partial charge in [-0.3, -0.25) is 4.79 Å². The summed E-state index contributed by atoms with van der Waals surface area (Å²) in [5.41, 5.74) is 2.75. The quantitative estimate of drug-likeness (QED) is 0.666. The Bertz CT molecular complexity index is 982. The first-order valence-electron chi connectivity index (χ1n) is 9.41. The second-order valence-electron chi connectivity index (χ2n) is 8.29.